The number of ether oxygens (including phenoxy) is 2. The van der Waals surface area contributed by atoms with Gasteiger partial charge in [0.2, 0.25) is 0 Å². The summed E-state index contributed by atoms with van der Waals surface area (Å²) in [7, 11) is 1.49. The van der Waals surface area contributed by atoms with Gasteiger partial charge in [0.05, 0.1) is 18.7 Å². The number of amides is 1. The van der Waals surface area contributed by atoms with Crippen LogP contribution in [-0.4, -0.2) is 25.1 Å². The molecule has 0 spiro atoms. The number of rotatable bonds is 5. The third kappa shape index (κ3) is 4.42. The monoisotopic (exact) mass is 299 g/mol. The van der Waals surface area contributed by atoms with Gasteiger partial charge in [-0.15, -0.1) is 0 Å². The molecule has 0 aliphatic heterocycles. The molecule has 0 saturated heterocycles. The van der Waals surface area contributed by atoms with Crippen LogP contribution in [0.25, 0.3) is 0 Å². The highest BCUT2D eigenvalue weighted by molar-refractivity contribution is 6.31. The zero-order chi connectivity index (χ0) is 15.3. The van der Waals surface area contributed by atoms with Gasteiger partial charge in [0.1, 0.15) is 5.75 Å². The number of carbonyl (C=O) groups is 2. The van der Waals surface area contributed by atoms with Crippen LogP contribution in [-0.2, 0) is 14.3 Å². The van der Waals surface area contributed by atoms with E-state index in [9.17, 15) is 9.59 Å². The minimum atomic E-state index is -0.895. The number of esters is 1. The van der Waals surface area contributed by atoms with Crippen molar-refractivity contribution in [3.05, 3.63) is 23.2 Å². The lowest BCUT2D eigenvalue weighted by Crippen LogP contribution is -2.31. The Morgan fingerprint density at radius 1 is 1.25 bits per heavy atom. The summed E-state index contributed by atoms with van der Waals surface area (Å²) in [6.45, 7) is 4.91. The lowest BCUT2D eigenvalue weighted by Gasteiger charge is -2.16. The molecule has 0 aliphatic carbocycles. The first-order valence-electron chi connectivity index (χ1n) is 6.20. The maximum Gasteiger partial charge on any atom is 0.309 e. The second-order valence-electron chi connectivity index (χ2n) is 4.57. The van der Waals surface area contributed by atoms with E-state index in [0.717, 1.165) is 0 Å². The number of benzene rings is 1. The summed E-state index contributed by atoms with van der Waals surface area (Å²) in [6, 6.07) is 4.86. The Kier molecular flexibility index (Phi) is 5.82. The molecule has 1 rings (SSSR count). The standard InChI is InChI=1S/C14H18ClNO4/c1-8(2)14(18)20-9(3)13(17)16-11-7-10(15)5-6-12(11)19-4/h5-9H,1-4H3,(H,16,17)/t9-/m1/s1. The van der Waals surface area contributed by atoms with Crippen LogP contribution >= 0.6 is 11.6 Å². The van der Waals surface area contributed by atoms with E-state index in [4.69, 9.17) is 21.1 Å². The van der Waals surface area contributed by atoms with Crippen LogP contribution in [0.4, 0.5) is 5.69 Å². The Hall–Kier alpha value is -1.75. The molecule has 1 aromatic rings. The molecule has 6 heteroatoms. The molecule has 1 atom stereocenters. The molecule has 1 aromatic carbocycles. The van der Waals surface area contributed by atoms with Gasteiger partial charge < -0.3 is 14.8 Å². The molecular weight excluding hydrogens is 282 g/mol. The number of methoxy groups -OCH3 is 1. The van der Waals surface area contributed by atoms with Crippen molar-refractivity contribution in [2.75, 3.05) is 12.4 Å². The first kappa shape index (κ1) is 16.3. The van der Waals surface area contributed by atoms with E-state index < -0.39 is 18.0 Å². The summed E-state index contributed by atoms with van der Waals surface area (Å²) in [4.78, 5) is 23.4. The van der Waals surface area contributed by atoms with E-state index in [-0.39, 0.29) is 5.92 Å². The highest BCUT2D eigenvalue weighted by atomic mass is 35.5. The first-order valence-corrected chi connectivity index (χ1v) is 6.57. The summed E-state index contributed by atoms with van der Waals surface area (Å²) < 4.78 is 10.1. The SMILES string of the molecule is COc1ccc(Cl)cc1NC(=O)[C@@H](C)OC(=O)C(C)C. The number of halogens is 1. The van der Waals surface area contributed by atoms with E-state index in [1.807, 2.05) is 0 Å². The van der Waals surface area contributed by atoms with E-state index in [1.165, 1.54) is 14.0 Å². The van der Waals surface area contributed by atoms with E-state index in [1.54, 1.807) is 32.0 Å². The van der Waals surface area contributed by atoms with Gasteiger partial charge >= 0.3 is 5.97 Å². The minimum Gasteiger partial charge on any atom is -0.495 e. The third-order valence-electron chi connectivity index (χ3n) is 2.55. The predicted molar refractivity (Wildman–Crippen MR) is 77.0 cm³/mol. The zero-order valence-corrected chi connectivity index (χ0v) is 12.7. The lowest BCUT2D eigenvalue weighted by atomic mass is 10.2. The average molecular weight is 300 g/mol. The molecule has 1 amide bonds. The summed E-state index contributed by atoms with van der Waals surface area (Å²) in [5.74, 6) is -0.679. The molecular formula is C14H18ClNO4. The summed E-state index contributed by atoms with van der Waals surface area (Å²) in [5, 5.41) is 3.09. The van der Waals surface area contributed by atoms with Gasteiger partial charge in [-0.1, -0.05) is 25.4 Å². The highest BCUT2D eigenvalue weighted by Crippen LogP contribution is 2.27. The molecule has 0 aromatic heterocycles. The lowest BCUT2D eigenvalue weighted by molar-refractivity contribution is -0.156. The van der Waals surface area contributed by atoms with Gasteiger partial charge in [0.15, 0.2) is 6.10 Å². The fourth-order valence-electron chi connectivity index (χ4n) is 1.38. The molecule has 0 saturated carbocycles. The van der Waals surface area contributed by atoms with Gasteiger partial charge in [0, 0.05) is 5.02 Å². The van der Waals surface area contributed by atoms with Gasteiger partial charge in [-0.2, -0.15) is 0 Å². The first-order chi connectivity index (χ1) is 9.35. The normalized spacial score (nSPS) is 11.9. The van der Waals surface area contributed by atoms with Gasteiger partial charge in [-0.25, -0.2) is 0 Å². The van der Waals surface area contributed by atoms with Crippen molar-refractivity contribution in [3.63, 3.8) is 0 Å². The Morgan fingerprint density at radius 3 is 2.45 bits per heavy atom. The molecule has 0 bridgehead atoms. The largest absolute Gasteiger partial charge is 0.495 e. The Bertz CT molecular complexity index is 502. The maximum absolute atomic E-state index is 12.0. The minimum absolute atomic E-state index is 0.286. The van der Waals surface area contributed by atoms with Gasteiger partial charge in [-0.3, -0.25) is 9.59 Å². The maximum atomic E-state index is 12.0. The third-order valence-corrected chi connectivity index (χ3v) is 2.79. The van der Waals surface area contributed by atoms with Crippen LogP contribution in [0, 0.1) is 5.92 Å². The quantitative estimate of drug-likeness (QED) is 0.849. The van der Waals surface area contributed by atoms with Crippen molar-refractivity contribution in [1.29, 1.82) is 0 Å². The molecule has 110 valence electrons. The molecule has 20 heavy (non-hydrogen) atoms. The Labute approximate surface area is 123 Å². The van der Waals surface area contributed by atoms with E-state index in [2.05, 4.69) is 5.32 Å². The van der Waals surface area contributed by atoms with Gasteiger partial charge in [0.25, 0.3) is 5.91 Å². The molecule has 0 heterocycles. The number of nitrogens with one attached hydrogen (secondary N) is 1. The van der Waals surface area contributed by atoms with Crippen LogP contribution in [0.15, 0.2) is 18.2 Å². The molecule has 0 aliphatic rings. The summed E-state index contributed by atoms with van der Waals surface area (Å²) in [5.41, 5.74) is 0.428. The van der Waals surface area contributed by atoms with Gasteiger partial charge in [-0.05, 0) is 25.1 Å². The smallest absolute Gasteiger partial charge is 0.309 e. The van der Waals surface area contributed by atoms with Crippen LogP contribution in [0.5, 0.6) is 5.75 Å². The second kappa shape index (κ2) is 7.14. The van der Waals surface area contributed by atoms with E-state index in [0.29, 0.717) is 16.5 Å². The van der Waals surface area contributed by atoms with Crippen molar-refractivity contribution in [1.82, 2.24) is 0 Å². The Balaban J connectivity index is 2.75. The highest BCUT2D eigenvalue weighted by Gasteiger charge is 2.20. The van der Waals surface area contributed by atoms with Crippen molar-refractivity contribution in [2.45, 2.75) is 26.9 Å². The molecule has 5 nitrogen and oxygen atoms in total. The molecule has 0 fully saturated rings. The fraction of sp³-hybridized carbons (Fsp3) is 0.429. The zero-order valence-electron chi connectivity index (χ0n) is 11.9. The number of anilines is 1. The fourth-order valence-corrected chi connectivity index (χ4v) is 1.55. The van der Waals surface area contributed by atoms with E-state index >= 15 is 0 Å². The van der Waals surface area contributed by atoms with Crippen LogP contribution in [0.3, 0.4) is 0 Å². The molecule has 1 N–H and O–H groups in total. The number of carbonyl (C=O) groups excluding carboxylic acids is 2. The van der Waals surface area contributed by atoms with Crippen LogP contribution < -0.4 is 10.1 Å². The average Bonchev–Trinajstić information content (AvgIpc) is 2.38. The summed E-state index contributed by atoms with van der Waals surface area (Å²) in [6.07, 6.45) is -0.895. The van der Waals surface area contributed by atoms with Crippen molar-refractivity contribution in [3.8, 4) is 5.75 Å². The van der Waals surface area contributed by atoms with Crippen LogP contribution in [0.2, 0.25) is 5.02 Å². The summed E-state index contributed by atoms with van der Waals surface area (Å²) >= 11 is 5.87. The molecule has 0 unspecified atom stereocenters. The Morgan fingerprint density at radius 2 is 1.90 bits per heavy atom. The van der Waals surface area contributed by atoms with Crippen molar-refractivity contribution >= 4 is 29.2 Å². The number of hydrogen-bond acceptors (Lipinski definition) is 4. The van der Waals surface area contributed by atoms with Crippen molar-refractivity contribution < 1.29 is 19.1 Å². The van der Waals surface area contributed by atoms with Crippen molar-refractivity contribution in [2.24, 2.45) is 5.92 Å². The second-order valence-corrected chi connectivity index (χ2v) is 5.00. The molecule has 0 radical (unpaired) electrons. The number of hydrogen-bond donors (Lipinski definition) is 1. The topological polar surface area (TPSA) is 64.6 Å². The predicted octanol–water partition coefficient (Wildman–Crippen LogP) is 2.87. The van der Waals surface area contributed by atoms with Crippen LogP contribution in [0.1, 0.15) is 20.8 Å².